The molecule has 5 heteroatoms. The van der Waals surface area contributed by atoms with Gasteiger partial charge in [0.1, 0.15) is 0 Å². The summed E-state index contributed by atoms with van der Waals surface area (Å²) in [6.07, 6.45) is 3.88. The first kappa shape index (κ1) is 16.7. The second kappa shape index (κ2) is 7.62. The van der Waals surface area contributed by atoms with Gasteiger partial charge in [-0.25, -0.2) is 4.98 Å². The number of imidazole rings is 1. The molecule has 0 radical (unpaired) electrons. The summed E-state index contributed by atoms with van der Waals surface area (Å²) in [4.78, 5) is 19.1. The number of nitrogens with one attached hydrogen (secondary N) is 1. The van der Waals surface area contributed by atoms with Crippen molar-refractivity contribution < 1.29 is 4.79 Å². The molecule has 1 aliphatic rings. The van der Waals surface area contributed by atoms with Crippen molar-refractivity contribution in [1.29, 1.82) is 0 Å². The monoisotopic (exact) mass is 326 g/mol. The smallest absolute Gasteiger partial charge is 0.237 e. The highest BCUT2D eigenvalue weighted by molar-refractivity contribution is 5.82. The molecule has 3 rings (SSSR count). The van der Waals surface area contributed by atoms with E-state index in [-0.39, 0.29) is 11.9 Å². The summed E-state index contributed by atoms with van der Waals surface area (Å²) in [5.41, 5.74) is 3.48. The first-order valence-electron chi connectivity index (χ1n) is 8.69. The molecule has 24 heavy (non-hydrogen) atoms. The number of hydrogen-bond donors (Lipinski definition) is 1. The highest BCUT2D eigenvalue weighted by atomic mass is 16.2. The second-order valence-electron chi connectivity index (χ2n) is 6.51. The quantitative estimate of drug-likeness (QED) is 0.886. The number of aromatic nitrogens is 2. The van der Waals surface area contributed by atoms with Crippen LogP contribution in [0.5, 0.6) is 0 Å². The third kappa shape index (κ3) is 3.85. The molecule has 0 saturated carbocycles. The van der Waals surface area contributed by atoms with Crippen molar-refractivity contribution in [2.24, 2.45) is 0 Å². The van der Waals surface area contributed by atoms with Crippen LogP contribution in [0.4, 0.5) is 0 Å². The molecule has 2 aromatic rings. The average molecular weight is 326 g/mol. The molecule has 0 bridgehead atoms. The summed E-state index contributed by atoms with van der Waals surface area (Å²) in [5.74, 6) is 0.151. The van der Waals surface area contributed by atoms with Crippen molar-refractivity contribution in [3.05, 3.63) is 53.6 Å². The Morgan fingerprint density at radius 1 is 1.29 bits per heavy atom. The SMILES string of the molecule is Cc1ncn(CCNC(=O)[C@@H]2CCCN2Cc2ccccc2)c1C. The van der Waals surface area contributed by atoms with E-state index < -0.39 is 0 Å². The number of hydrogen-bond acceptors (Lipinski definition) is 3. The van der Waals surface area contributed by atoms with Gasteiger partial charge >= 0.3 is 0 Å². The van der Waals surface area contributed by atoms with Crippen molar-refractivity contribution >= 4 is 5.91 Å². The van der Waals surface area contributed by atoms with E-state index in [0.29, 0.717) is 6.54 Å². The lowest BCUT2D eigenvalue weighted by Crippen LogP contribution is -2.43. The second-order valence-corrected chi connectivity index (χ2v) is 6.51. The van der Waals surface area contributed by atoms with Gasteiger partial charge in [0.15, 0.2) is 0 Å². The normalized spacial score (nSPS) is 18.0. The summed E-state index contributed by atoms with van der Waals surface area (Å²) in [5, 5.41) is 3.10. The molecule has 1 N–H and O–H groups in total. The van der Waals surface area contributed by atoms with Crippen LogP contribution in [-0.2, 0) is 17.9 Å². The number of aryl methyl sites for hydroxylation is 1. The molecule has 0 aliphatic carbocycles. The van der Waals surface area contributed by atoms with Crippen LogP contribution in [-0.4, -0.2) is 39.5 Å². The van der Waals surface area contributed by atoms with Gasteiger partial charge in [0, 0.05) is 25.3 Å². The third-order valence-corrected chi connectivity index (χ3v) is 4.89. The van der Waals surface area contributed by atoms with Crippen molar-refractivity contribution in [3.8, 4) is 0 Å². The molecule has 5 nitrogen and oxygen atoms in total. The van der Waals surface area contributed by atoms with Crippen molar-refractivity contribution in [1.82, 2.24) is 19.8 Å². The minimum absolute atomic E-state index is 0.00386. The Balaban J connectivity index is 1.51. The summed E-state index contributed by atoms with van der Waals surface area (Å²) >= 11 is 0. The molecule has 0 spiro atoms. The number of amides is 1. The Morgan fingerprint density at radius 3 is 2.79 bits per heavy atom. The number of benzene rings is 1. The van der Waals surface area contributed by atoms with E-state index in [1.807, 2.05) is 19.3 Å². The highest BCUT2D eigenvalue weighted by Crippen LogP contribution is 2.20. The number of nitrogens with zero attached hydrogens (tertiary/aromatic N) is 3. The summed E-state index contributed by atoms with van der Waals surface area (Å²) < 4.78 is 2.09. The lowest BCUT2D eigenvalue weighted by molar-refractivity contribution is -0.125. The predicted octanol–water partition coefficient (Wildman–Crippen LogP) is 2.28. The zero-order chi connectivity index (χ0) is 16.9. The highest BCUT2D eigenvalue weighted by Gasteiger charge is 2.30. The molecule has 0 unspecified atom stereocenters. The molecule has 1 aliphatic heterocycles. The Labute approximate surface area is 143 Å². The molecule has 128 valence electrons. The number of rotatable bonds is 6. The Hall–Kier alpha value is -2.14. The van der Waals surface area contributed by atoms with E-state index in [4.69, 9.17) is 0 Å². The van der Waals surface area contributed by atoms with Crippen LogP contribution >= 0.6 is 0 Å². The summed E-state index contributed by atoms with van der Waals surface area (Å²) in [7, 11) is 0. The zero-order valence-corrected chi connectivity index (χ0v) is 14.5. The Bertz CT molecular complexity index is 680. The van der Waals surface area contributed by atoms with E-state index in [9.17, 15) is 4.79 Å². The average Bonchev–Trinajstić information content (AvgIpc) is 3.17. The van der Waals surface area contributed by atoms with Crippen LogP contribution in [0.15, 0.2) is 36.7 Å². The summed E-state index contributed by atoms with van der Waals surface area (Å²) in [6.45, 7) is 7.31. The van der Waals surface area contributed by atoms with E-state index >= 15 is 0 Å². The van der Waals surface area contributed by atoms with E-state index in [1.54, 1.807) is 0 Å². The molecular formula is C19H26N4O. The van der Waals surface area contributed by atoms with Gasteiger partial charge < -0.3 is 9.88 Å². The molecular weight excluding hydrogens is 300 g/mol. The van der Waals surface area contributed by atoms with Crippen molar-refractivity contribution in [2.45, 2.75) is 45.8 Å². The Morgan fingerprint density at radius 2 is 2.08 bits per heavy atom. The van der Waals surface area contributed by atoms with Gasteiger partial charge in [-0.1, -0.05) is 30.3 Å². The van der Waals surface area contributed by atoms with Gasteiger partial charge in [0.05, 0.1) is 18.1 Å². The van der Waals surface area contributed by atoms with Gasteiger partial charge in [-0.05, 0) is 38.8 Å². The lowest BCUT2D eigenvalue weighted by atomic mass is 10.1. The fourth-order valence-corrected chi connectivity index (χ4v) is 3.32. The first-order chi connectivity index (χ1) is 11.6. The predicted molar refractivity (Wildman–Crippen MR) is 94.6 cm³/mol. The maximum absolute atomic E-state index is 12.5. The summed E-state index contributed by atoms with van der Waals surface area (Å²) in [6, 6.07) is 10.4. The number of carbonyl (C=O) groups is 1. The van der Waals surface area contributed by atoms with E-state index in [0.717, 1.165) is 43.9 Å². The number of carbonyl (C=O) groups excluding carboxylic acids is 1. The molecule has 1 saturated heterocycles. The zero-order valence-electron chi connectivity index (χ0n) is 14.5. The van der Waals surface area contributed by atoms with Crippen LogP contribution < -0.4 is 5.32 Å². The maximum Gasteiger partial charge on any atom is 0.237 e. The van der Waals surface area contributed by atoms with Crippen molar-refractivity contribution in [3.63, 3.8) is 0 Å². The van der Waals surface area contributed by atoms with Crippen LogP contribution in [0.2, 0.25) is 0 Å². The Kier molecular flexibility index (Phi) is 5.30. The largest absolute Gasteiger partial charge is 0.353 e. The van der Waals surface area contributed by atoms with Crippen LogP contribution in [0.1, 0.15) is 29.8 Å². The first-order valence-corrected chi connectivity index (χ1v) is 8.69. The molecule has 1 fully saturated rings. The van der Waals surface area contributed by atoms with Gasteiger partial charge in [-0.3, -0.25) is 9.69 Å². The fraction of sp³-hybridized carbons (Fsp3) is 0.474. The van der Waals surface area contributed by atoms with Crippen LogP contribution in [0.3, 0.4) is 0 Å². The molecule has 1 aromatic carbocycles. The van der Waals surface area contributed by atoms with Gasteiger partial charge in [-0.2, -0.15) is 0 Å². The minimum atomic E-state index is -0.00386. The lowest BCUT2D eigenvalue weighted by Gasteiger charge is -2.23. The van der Waals surface area contributed by atoms with E-state index in [1.165, 1.54) is 5.56 Å². The van der Waals surface area contributed by atoms with Crippen molar-refractivity contribution in [2.75, 3.05) is 13.1 Å². The van der Waals surface area contributed by atoms with Crippen LogP contribution in [0, 0.1) is 13.8 Å². The number of likely N-dealkylation sites (tertiary alicyclic amines) is 1. The topological polar surface area (TPSA) is 50.2 Å². The van der Waals surface area contributed by atoms with Crippen LogP contribution in [0.25, 0.3) is 0 Å². The van der Waals surface area contributed by atoms with E-state index in [2.05, 4.69) is 51.0 Å². The molecule has 1 amide bonds. The minimum Gasteiger partial charge on any atom is -0.353 e. The van der Waals surface area contributed by atoms with Gasteiger partial charge in [0.2, 0.25) is 5.91 Å². The standard InChI is InChI=1S/C19H26N4O/c1-15-16(2)23(14-21-15)12-10-20-19(24)18-9-6-11-22(18)13-17-7-4-3-5-8-17/h3-5,7-8,14,18H,6,9-13H2,1-2H3,(H,20,24)/t18-/m0/s1. The molecule has 1 aromatic heterocycles. The van der Waals surface area contributed by atoms with Gasteiger partial charge in [-0.15, -0.1) is 0 Å². The third-order valence-electron chi connectivity index (χ3n) is 4.89. The molecule has 2 heterocycles. The maximum atomic E-state index is 12.5. The molecule has 1 atom stereocenters. The fourth-order valence-electron chi connectivity index (χ4n) is 3.32. The van der Waals surface area contributed by atoms with Gasteiger partial charge in [0.25, 0.3) is 0 Å².